The molecular formula is C15H23FO6S. The fraction of sp³-hybridized carbons (Fsp3) is 0.933. The van der Waals surface area contributed by atoms with Crippen molar-refractivity contribution in [2.75, 3.05) is 13.2 Å². The molecule has 0 radical (unpaired) electrons. The molecule has 4 rings (SSSR count). The Labute approximate surface area is 135 Å². The van der Waals surface area contributed by atoms with Gasteiger partial charge in [-0.15, -0.1) is 0 Å². The summed E-state index contributed by atoms with van der Waals surface area (Å²) in [6.45, 7) is -0.858. The standard InChI is InChI=1S/C15H23FO6S/c16-13(23(18,19)20)9-22-14(17)21-2-1-15-6-10-3-11(7-15)5-12(4-10)8-15/h10-13H,1-9H2,(H,18,19,20). The number of alkyl halides is 1. The van der Waals surface area contributed by atoms with Crippen LogP contribution < -0.4 is 0 Å². The molecule has 4 aliphatic rings. The van der Waals surface area contributed by atoms with Gasteiger partial charge < -0.3 is 9.47 Å². The molecule has 1 unspecified atom stereocenters. The summed E-state index contributed by atoms with van der Waals surface area (Å²) in [6, 6.07) is 0. The van der Waals surface area contributed by atoms with Crippen LogP contribution in [0.25, 0.3) is 0 Å². The molecule has 0 aliphatic heterocycles. The highest BCUT2D eigenvalue weighted by Gasteiger charge is 2.50. The Bertz CT molecular complexity index is 525. The number of halogens is 1. The van der Waals surface area contributed by atoms with E-state index in [0.717, 1.165) is 24.2 Å². The van der Waals surface area contributed by atoms with E-state index < -0.39 is 28.4 Å². The van der Waals surface area contributed by atoms with Gasteiger partial charge in [-0.3, -0.25) is 4.55 Å². The van der Waals surface area contributed by atoms with Crippen LogP contribution in [0.4, 0.5) is 9.18 Å². The predicted molar refractivity (Wildman–Crippen MR) is 79.0 cm³/mol. The Balaban J connectivity index is 1.40. The van der Waals surface area contributed by atoms with Crippen LogP contribution in [0.1, 0.15) is 44.9 Å². The fourth-order valence-electron chi connectivity index (χ4n) is 5.21. The molecule has 1 atom stereocenters. The van der Waals surface area contributed by atoms with Gasteiger partial charge in [0.25, 0.3) is 5.50 Å². The van der Waals surface area contributed by atoms with Crippen molar-refractivity contribution in [2.45, 2.75) is 50.4 Å². The van der Waals surface area contributed by atoms with E-state index in [1.807, 2.05) is 0 Å². The topological polar surface area (TPSA) is 89.9 Å². The van der Waals surface area contributed by atoms with Crippen molar-refractivity contribution in [2.24, 2.45) is 23.2 Å². The van der Waals surface area contributed by atoms with Gasteiger partial charge in [-0.25, -0.2) is 9.18 Å². The smallest absolute Gasteiger partial charge is 0.434 e. The maximum atomic E-state index is 12.9. The highest BCUT2D eigenvalue weighted by atomic mass is 32.2. The summed E-state index contributed by atoms with van der Waals surface area (Å²) in [5.41, 5.74) is -2.37. The lowest BCUT2D eigenvalue weighted by molar-refractivity contribution is -0.0672. The number of carbonyl (C=O) groups is 1. The van der Waals surface area contributed by atoms with Gasteiger partial charge in [0.15, 0.2) is 0 Å². The zero-order valence-corrected chi connectivity index (χ0v) is 13.8. The minimum Gasteiger partial charge on any atom is -0.434 e. The van der Waals surface area contributed by atoms with Crippen molar-refractivity contribution in [3.8, 4) is 0 Å². The summed E-state index contributed by atoms with van der Waals surface area (Å²) in [4.78, 5) is 11.4. The van der Waals surface area contributed by atoms with Crippen LogP contribution >= 0.6 is 0 Å². The summed E-state index contributed by atoms with van der Waals surface area (Å²) in [5, 5.41) is 0. The zero-order valence-electron chi connectivity index (χ0n) is 12.9. The number of hydrogen-bond donors (Lipinski definition) is 1. The second-order valence-corrected chi connectivity index (χ2v) is 9.04. The van der Waals surface area contributed by atoms with E-state index in [-0.39, 0.29) is 12.0 Å². The molecule has 0 saturated heterocycles. The average Bonchev–Trinajstić information content (AvgIpc) is 2.42. The second kappa shape index (κ2) is 6.20. The predicted octanol–water partition coefficient (Wildman–Crippen LogP) is 2.93. The van der Waals surface area contributed by atoms with Crippen molar-refractivity contribution < 1.29 is 31.6 Å². The summed E-state index contributed by atoms with van der Waals surface area (Å²) in [6.07, 6.45) is 7.32. The minimum absolute atomic E-state index is 0.202. The number of carbonyl (C=O) groups excluding carboxylic acids is 1. The summed E-state index contributed by atoms with van der Waals surface area (Å²) < 4.78 is 51.6. The number of ether oxygens (including phenoxy) is 2. The van der Waals surface area contributed by atoms with Crippen molar-refractivity contribution in [3.63, 3.8) is 0 Å². The molecule has 8 heteroatoms. The first-order chi connectivity index (χ1) is 10.8. The molecule has 4 aliphatic carbocycles. The molecule has 0 aromatic heterocycles. The molecule has 0 aromatic carbocycles. The highest BCUT2D eigenvalue weighted by molar-refractivity contribution is 7.86. The Hall–Kier alpha value is -0.890. The maximum absolute atomic E-state index is 12.9. The van der Waals surface area contributed by atoms with E-state index in [9.17, 15) is 17.6 Å². The molecule has 4 bridgehead atoms. The van der Waals surface area contributed by atoms with Gasteiger partial charge in [0, 0.05) is 0 Å². The first kappa shape index (κ1) is 17.0. The fourth-order valence-corrected chi connectivity index (χ4v) is 5.45. The van der Waals surface area contributed by atoms with Gasteiger partial charge in [-0.2, -0.15) is 8.42 Å². The monoisotopic (exact) mass is 350 g/mol. The lowest BCUT2D eigenvalue weighted by Crippen LogP contribution is -2.46. The van der Waals surface area contributed by atoms with E-state index in [4.69, 9.17) is 9.29 Å². The molecule has 0 aromatic rings. The van der Waals surface area contributed by atoms with E-state index >= 15 is 0 Å². The Morgan fingerprint density at radius 2 is 1.65 bits per heavy atom. The summed E-state index contributed by atoms with van der Waals surface area (Å²) >= 11 is 0. The average molecular weight is 350 g/mol. The quantitative estimate of drug-likeness (QED) is 0.585. The van der Waals surface area contributed by atoms with Crippen molar-refractivity contribution in [1.29, 1.82) is 0 Å². The van der Waals surface area contributed by atoms with Gasteiger partial charge in [0.05, 0.1) is 6.61 Å². The normalized spacial score (nSPS) is 36.7. The van der Waals surface area contributed by atoms with Crippen molar-refractivity contribution >= 4 is 16.3 Å². The molecule has 1 N–H and O–H groups in total. The molecule has 23 heavy (non-hydrogen) atoms. The van der Waals surface area contributed by atoms with Crippen molar-refractivity contribution in [3.05, 3.63) is 0 Å². The Kier molecular flexibility index (Phi) is 4.57. The molecule has 0 amide bonds. The molecule has 132 valence electrons. The Morgan fingerprint density at radius 3 is 2.13 bits per heavy atom. The minimum atomic E-state index is -4.85. The SMILES string of the molecule is O=C(OCCC12CC3CC(CC(C3)C1)C2)OCC(F)S(=O)(=O)O. The second-order valence-electron chi connectivity index (χ2n) is 7.50. The first-order valence-electron chi connectivity index (χ1n) is 8.16. The van der Waals surface area contributed by atoms with Crippen LogP contribution in [0.15, 0.2) is 0 Å². The van der Waals surface area contributed by atoms with Gasteiger partial charge in [0.1, 0.15) is 6.61 Å². The van der Waals surface area contributed by atoms with Crippen LogP contribution in [0, 0.1) is 23.2 Å². The van der Waals surface area contributed by atoms with Gasteiger partial charge in [-0.05, 0) is 68.1 Å². The van der Waals surface area contributed by atoms with Gasteiger partial charge in [-0.1, -0.05) is 0 Å². The number of rotatable bonds is 6. The third-order valence-electron chi connectivity index (χ3n) is 5.67. The van der Waals surface area contributed by atoms with Crippen LogP contribution in [0.2, 0.25) is 0 Å². The third-order valence-corrected chi connectivity index (χ3v) is 6.46. The molecule has 0 heterocycles. The van der Waals surface area contributed by atoms with Crippen LogP contribution in [0.3, 0.4) is 0 Å². The number of hydrogen-bond acceptors (Lipinski definition) is 5. The lowest BCUT2D eigenvalue weighted by atomic mass is 9.49. The van der Waals surface area contributed by atoms with Crippen molar-refractivity contribution in [1.82, 2.24) is 0 Å². The molecule has 4 fully saturated rings. The van der Waals surface area contributed by atoms with E-state index in [2.05, 4.69) is 4.74 Å². The third kappa shape index (κ3) is 3.96. The summed E-state index contributed by atoms with van der Waals surface area (Å²) in [7, 11) is -4.85. The Morgan fingerprint density at radius 1 is 1.13 bits per heavy atom. The zero-order chi connectivity index (χ0) is 16.7. The van der Waals surface area contributed by atoms with Crippen LogP contribution in [-0.4, -0.2) is 37.8 Å². The molecule has 6 nitrogen and oxygen atoms in total. The first-order valence-corrected chi connectivity index (χ1v) is 9.66. The van der Waals surface area contributed by atoms with Gasteiger partial charge in [0.2, 0.25) is 0 Å². The van der Waals surface area contributed by atoms with Crippen LogP contribution in [0.5, 0.6) is 0 Å². The molecule has 0 spiro atoms. The highest BCUT2D eigenvalue weighted by Crippen LogP contribution is 2.61. The van der Waals surface area contributed by atoms with Crippen LogP contribution in [-0.2, 0) is 19.6 Å². The largest absolute Gasteiger partial charge is 0.508 e. The maximum Gasteiger partial charge on any atom is 0.508 e. The summed E-state index contributed by atoms with van der Waals surface area (Å²) in [5.74, 6) is 2.45. The van der Waals surface area contributed by atoms with E-state index in [0.29, 0.717) is 0 Å². The van der Waals surface area contributed by atoms with E-state index in [1.165, 1.54) is 38.5 Å². The lowest BCUT2D eigenvalue weighted by Gasteiger charge is -2.57. The molecule has 4 saturated carbocycles. The van der Waals surface area contributed by atoms with E-state index in [1.54, 1.807) is 0 Å². The molecular weight excluding hydrogens is 327 g/mol. The van der Waals surface area contributed by atoms with Gasteiger partial charge >= 0.3 is 16.3 Å².